The monoisotopic (exact) mass is 432 g/mol. The first-order valence-electron chi connectivity index (χ1n) is 11.9. The first-order valence-corrected chi connectivity index (χ1v) is 11.9. The maximum atomic E-state index is 12.3. The molecule has 5 heteroatoms. The Kier molecular flexibility index (Phi) is 14.1. The van der Waals surface area contributed by atoms with Crippen LogP contribution in [0.2, 0.25) is 0 Å². The average Bonchev–Trinajstić information content (AvgIpc) is 2.74. The minimum absolute atomic E-state index is 0.264. The highest BCUT2D eigenvalue weighted by Gasteiger charge is 2.29. The van der Waals surface area contributed by atoms with E-state index in [4.69, 9.17) is 5.73 Å². The smallest absolute Gasteiger partial charge is 0.237 e. The van der Waals surface area contributed by atoms with E-state index in [2.05, 4.69) is 36.2 Å². The van der Waals surface area contributed by atoms with Crippen molar-refractivity contribution in [1.82, 2.24) is 5.32 Å². The summed E-state index contributed by atoms with van der Waals surface area (Å²) in [5.74, 6) is -0.0403. The summed E-state index contributed by atoms with van der Waals surface area (Å²) in [6.07, 6.45) is 9.06. The lowest BCUT2D eigenvalue weighted by Crippen LogP contribution is -2.52. The van der Waals surface area contributed by atoms with Gasteiger partial charge >= 0.3 is 0 Å². The number of nitrogens with two attached hydrogens (primary N) is 1. The third-order valence-electron chi connectivity index (χ3n) is 5.68. The molecule has 5 N–H and O–H groups in total. The number of aliphatic hydroxyl groups excluding tert-OH is 2. The number of rotatable bonds is 17. The Morgan fingerprint density at radius 2 is 1.68 bits per heavy atom. The molecule has 0 fully saturated rings. The topological polar surface area (TPSA) is 95.6 Å². The summed E-state index contributed by atoms with van der Waals surface area (Å²) in [4.78, 5) is 12.3. The molecule has 0 aliphatic heterocycles. The van der Waals surface area contributed by atoms with E-state index < -0.39 is 24.3 Å². The molecule has 0 heterocycles. The first-order chi connectivity index (χ1) is 14.8. The second kappa shape index (κ2) is 16.0. The van der Waals surface area contributed by atoms with Crippen LogP contribution < -0.4 is 11.1 Å². The van der Waals surface area contributed by atoms with Gasteiger partial charge < -0.3 is 21.3 Å². The summed E-state index contributed by atoms with van der Waals surface area (Å²) < 4.78 is 0. The second-order valence-electron chi connectivity index (χ2n) is 9.08. The molecule has 0 saturated carbocycles. The molecule has 0 radical (unpaired) electrons. The summed E-state index contributed by atoms with van der Waals surface area (Å²) in [7, 11) is 0. The zero-order valence-corrected chi connectivity index (χ0v) is 19.5. The predicted molar refractivity (Wildman–Crippen MR) is 129 cm³/mol. The molecule has 1 amide bonds. The third-order valence-corrected chi connectivity index (χ3v) is 5.68. The van der Waals surface area contributed by atoms with Gasteiger partial charge in [-0.2, -0.15) is 0 Å². The maximum Gasteiger partial charge on any atom is 0.237 e. The lowest BCUT2D eigenvalue weighted by atomic mass is 9.93. The van der Waals surface area contributed by atoms with Crippen LogP contribution in [0.1, 0.15) is 77.2 Å². The molecule has 4 atom stereocenters. The van der Waals surface area contributed by atoms with Crippen LogP contribution in [0.4, 0.5) is 0 Å². The van der Waals surface area contributed by atoms with Crippen LogP contribution in [0, 0.1) is 5.92 Å². The van der Waals surface area contributed by atoms with Crippen LogP contribution in [0.25, 0.3) is 0 Å². The molecule has 1 aromatic rings. The minimum Gasteiger partial charge on any atom is -0.390 e. The van der Waals surface area contributed by atoms with Crippen molar-refractivity contribution in [2.45, 2.75) is 102 Å². The van der Waals surface area contributed by atoms with Crippen molar-refractivity contribution in [2.75, 3.05) is 0 Å². The fourth-order valence-corrected chi connectivity index (χ4v) is 3.84. The molecule has 0 bridgehead atoms. The molecule has 31 heavy (non-hydrogen) atoms. The van der Waals surface area contributed by atoms with Crippen molar-refractivity contribution >= 4 is 5.91 Å². The molecule has 0 saturated heterocycles. The number of hydrogen-bond donors (Lipinski definition) is 4. The lowest BCUT2D eigenvalue weighted by Gasteiger charge is -2.29. The summed E-state index contributed by atoms with van der Waals surface area (Å²) >= 11 is 0. The summed E-state index contributed by atoms with van der Waals surface area (Å²) in [6.45, 7) is 7.62. The van der Waals surface area contributed by atoms with Gasteiger partial charge in [0, 0.05) is 0 Å². The number of aryl methyl sites for hydroxylation is 1. The molecule has 1 aromatic carbocycles. The van der Waals surface area contributed by atoms with E-state index in [1.54, 1.807) is 6.08 Å². The molecule has 0 spiro atoms. The molecular weight excluding hydrogens is 388 g/mol. The number of benzene rings is 1. The Morgan fingerprint density at radius 1 is 1.06 bits per heavy atom. The normalized spacial score (nSPS) is 15.3. The number of unbranched alkanes of at least 4 members (excludes halogenated alkanes) is 5. The van der Waals surface area contributed by atoms with Crippen LogP contribution in [-0.2, 0) is 11.2 Å². The number of nitrogens with one attached hydrogen (secondary N) is 1. The highest BCUT2D eigenvalue weighted by Crippen LogP contribution is 2.17. The van der Waals surface area contributed by atoms with Crippen LogP contribution >= 0.6 is 0 Å². The van der Waals surface area contributed by atoms with Crippen molar-refractivity contribution in [2.24, 2.45) is 11.7 Å². The third kappa shape index (κ3) is 12.1. The van der Waals surface area contributed by atoms with Gasteiger partial charge in [-0.3, -0.25) is 4.79 Å². The Balaban J connectivity index is 2.38. The minimum atomic E-state index is -0.992. The van der Waals surface area contributed by atoms with Gasteiger partial charge in [0.25, 0.3) is 0 Å². The molecule has 0 unspecified atom stereocenters. The molecule has 0 aliphatic rings. The van der Waals surface area contributed by atoms with E-state index in [0.29, 0.717) is 19.3 Å². The number of carbonyl (C=O) groups excluding carboxylic acids is 1. The van der Waals surface area contributed by atoms with Gasteiger partial charge in [-0.25, -0.2) is 0 Å². The average molecular weight is 433 g/mol. The predicted octanol–water partition coefficient (Wildman–Crippen LogP) is 4.12. The first kappa shape index (κ1) is 27.3. The fourth-order valence-electron chi connectivity index (χ4n) is 3.84. The quantitative estimate of drug-likeness (QED) is 0.220. The van der Waals surface area contributed by atoms with E-state index in [9.17, 15) is 15.0 Å². The zero-order chi connectivity index (χ0) is 23.1. The Morgan fingerprint density at radius 3 is 2.29 bits per heavy atom. The standard InChI is InChI=1S/C26H44N2O3/c1-4-14-22(27)26(31)28-23(25(30)24(29)19-20(2)3)18-13-8-6-5-7-10-15-21-16-11-9-12-17-21/h4,9,11-12,16-17,20,22-25,29-30H,1,5-8,10,13-15,18-19,27H2,2-3H3,(H,28,31)/t22-,23-,24-,25+/m0/s1. The van der Waals surface area contributed by atoms with E-state index in [-0.39, 0.29) is 11.8 Å². The number of hydrogen-bond acceptors (Lipinski definition) is 4. The van der Waals surface area contributed by atoms with Crippen molar-refractivity contribution in [1.29, 1.82) is 0 Å². The van der Waals surface area contributed by atoms with Crippen LogP contribution in [0.3, 0.4) is 0 Å². The highest BCUT2D eigenvalue weighted by atomic mass is 16.3. The van der Waals surface area contributed by atoms with E-state index in [1.807, 2.05) is 19.9 Å². The Hall–Kier alpha value is -1.69. The van der Waals surface area contributed by atoms with E-state index >= 15 is 0 Å². The fraction of sp³-hybridized carbons (Fsp3) is 0.654. The highest BCUT2D eigenvalue weighted by molar-refractivity contribution is 5.82. The summed E-state index contributed by atoms with van der Waals surface area (Å²) in [6, 6.07) is 9.39. The van der Waals surface area contributed by atoms with Crippen LogP contribution in [0.5, 0.6) is 0 Å². The van der Waals surface area contributed by atoms with Crippen LogP contribution in [-0.4, -0.2) is 40.4 Å². The Bertz CT molecular complexity index is 606. The van der Waals surface area contributed by atoms with Gasteiger partial charge in [-0.1, -0.05) is 82.4 Å². The molecular formula is C26H44N2O3. The van der Waals surface area contributed by atoms with Gasteiger partial charge in [0.15, 0.2) is 0 Å². The second-order valence-corrected chi connectivity index (χ2v) is 9.08. The molecule has 0 aliphatic carbocycles. The summed E-state index contributed by atoms with van der Waals surface area (Å²) in [5, 5.41) is 23.9. The van der Waals surface area contributed by atoms with Gasteiger partial charge in [0.2, 0.25) is 5.91 Å². The molecule has 5 nitrogen and oxygen atoms in total. The number of amides is 1. The lowest BCUT2D eigenvalue weighted by molar-refractivity contribution is -0.124. The van der Waals surface area contributed by atoms with Crippen molar-refractivity contribution in [3.8, 4) is 0 Å². The number of carbonyl (C=O) groups is 1. The van der Waals surface area contributed by atoms with Gasteiger partial charge in [-0.05, 0) is 43.6 Å². The largest absolute Gasteiger partial charge is 0.390 e. The SMILES string of the molecule is C=CC[C@H](N)C(=O)N[C@@H](CCCCCCCCc1ccccc1)[C@@H](O)[C@@H](O)CC(C)C. The Labute approximate surface area is 189 Å². The van der Waals surface area contributed by atoms with E-state index in [0.717, 1.165) is 25.7 Å². The summed E-state index contributed by atoms with van der Waals surface area (Å²) in [5.41, 5.74) is 7.26. The van der Waals surface area contributed by atoms with Gasteiger partial charge in [0.1, 0.15) is 0 Å². The molecule has 0 aromatic heterocycles. The number of aliphatic hydroxyl groups is 2. The van der Waals surface area contributed by atoms with Crippen molar-refractivity contribution < 1.29 is 15.0 Å². The van der Waals surface area contributed by atoms with Crippen LogP contribution in [0.15, 0.2) is 43.0 Å². The zero-order valence-electron chi connectivity index (χ0n) is 19.5. The van der Waals surface area contributed by atoms with Crippen molar-refractivity contribution in [3.05, 3.63) is 48.6 Å². The van der Waals surface area contributed by atoms with Gasteiger partial charge in [0.05, 0.1) is 24.3 Å². The van der Waals surface area contributed by atoms with Gasteiger partial charge in [-0.15, -0.1) is 6.58 Å². The maximum absolute atomic E-state index is 12.3. The molecule has 176 valence electrons. The van der Waals surface area contributed by atoms with E-state index in [1.165, 1.54) is 24.8 Å². The van der Waals surface area contributed by atoms with Crippen molar-refractivity contribution in [3.63, 3.8) is 0 Å². The molecule has 1 rings (SSSR count).